The van der Waals surface area contributed by atoms with E-state index in [9.17, 15) is 9.59 Å². The van der Waals surface area contributed by atoms with Gasteiger partial charge >= 0.3 is 5.97 Å². The van der Waals surface area contributed by atoms with Crippen LogP contribution in [0.3, 0.4) is 0 Å². The van der Waals surface area contributed by atoms with Gasteiger partial charge in [0.2, 0.25) is 5.91 Å². The minimum Gasteiger partial charge on any atom is -0.468 e. The Morgan fingerprint density at radius 1 is 1.57 bits per heavy atom. The zero-order valence-corrected chi connectivity index (χ0v) is 8.53. The first-order chi connectivity index (χ1) is 6.57. The van der Waals surface area contributed by atoms with Crippen molar-refractivity contribution in [2.75, 3.05) is 13.7 Å². The van der Waals surface area contributed by atoms with Gasteiger partial charge in [0.25, 0.3) is 0 Å². The van der Waals surface area contributed by atoms with Gasteiger partial charge < -0.3 is 10.5 Å². The van der Waals surface area contributed by atoms with Gasteiger partial charge in [-0.05, 0) is 26.3 Å². The van der Waals surface area contributed by atoms with Gasteiger partial charge in [-0.1, -0.05) is 0 Å². The summed E-state index contributed by atoms with van der Waals surface area (Å²) in [5.74, 6) is -0.684. The molecule has 0 spiro atoms. The van der Waals surface area contributed by atoms with Gasteiger partial charge in [-0.25, -0.2) is 0 Å². The molecule has 1 rings (SSSR count). The van der Waals surface area contributed by atoms with E-state index in [1.54, 1.807) is 11.8 Å². The molecule has 0 saturated carbocycles. The summed E-state index contributed by atoms with van der Waals surface area (Å²) in [4.78, 5) is 24.1. The summed E-state index contributed by atoms with van der Waals surface area (Å²) in [5.41, 5.74) is 5.23. The SMILES string of the molecule is COC(=O)C(C)N1CCCC1C(N)=O. The first-order valence-electron chi connectivity index (χ1n) is 4.70. The Labute approximate surface area is 83.2 Å². The van der Waals surface area contributed by atoms with Crippen LogP contribution < -0.4 is 5.73 Å². The number of carbonyl (C=O) groups is 2. The number of nitrogens with two attached hydrogens (primary N) is 1. The monoisotopic (exact) mass is 200 g/mol. The molecule has 2 atom stereocenters. The number of amides is 1. The third-order valence-electron chi connectivity index (χ3n) is 2.66. The molecule has 1 heterocycles. The van der Waals surface area contributed by atoms with Crippen molar-refractivity contribution in [2.24, 2.45) is 5.73 Å². The molecule has 0 aliphatic carbocycles. The Balaban J connectivity index is 2.66. The van der Waals surface area contributed by atoms with E-state index >= 15 is 0 Å². The fourth-order valence-electron chi connectivity index (χ4n) is 1.86. The van der Waals surface area contributed by atoms with Gasteiger partial charge in [0.15, 0.2) is 0 Å². The molecule has 1 saturated heterocycles. The number of ether oxygens (including phenoxy) is 1. The van der Waals surface area contributed by atoms with Crippen molar-refractivity contribution in [3.63, 3.8) is 0 Å². The Bertz CT molecular complexity index is 242. The zero-order valence-electron chi connectivity index (χ0n) is 8.53. The predicted molar refractivity (Wildman–Crippen MR) is 50.4 cm³/mol. The summed E-state index contributed by atoms with van der Waals surface area (Å²) in [6.45, 7) is 2.46. The molecule has 0 aromatic heterocycles. The van der Waals surface area contributed by atoms with Gasteiger partial charge in [-0.15, -0.1) is 0 Å². The highest BCUT2D eigenvalue weighted by molar-refractivity contribution is 5.82. The van der Waals surface area contributed by atoms with Gasteiger partial charge in [0, 0.05) is 0 Å². The second-order valence-corrected chi connectivity index (χ2v) is 3.50. The van der Waals surface area contributed by atoms with Crippen LogP contribution in [-0.2, 0) is 14.3 Å². The van der Waals surface area contributed by atoms with Crippen molar-refractivity contribution >= 4 is 11.9 Å². The van der Waals surface area contributed by atoms with E-state index in [0.717, 1.165) is 19.4 Å². The molecule has 5 nitrogen and oxygen atoms in total. The highest BCUT2D eigenvalue weighted by atomic mass is 16.5. The van der Waals surface area contributed by atoms with Gasteiger partial charge in [-0.2, -0.15) is 0 Å². The Hall–Kier alpha value is -1.10. The Kier molecular flexibility index (Phi) is 3.46. The number of methoxy groups -OCH3 is 1. The fourth-order valence-corrected chi connectivity index (χ4v) is 1.86. The molecule has 5 heteroatoms. The summed E-state index contributed by atoms with van der Waals surface area (Å²) < 4.78 is 4.62. The average Bonchev–Trinajstić information content (AvgIpc) is 2.63. The minimum atomic E-state index is -0.389. The summed E-state index contributed by atoms with van der Waals surface area (Å²) in [6, 6.07) is -0.705. The van der Waals surface area contributed by atoms with Crippen LogP contribution in [0.2, 0.25) is 0 Å². The van der Waals surface area contributed by atoms with Gasteiger partial charge in [-0.3, -0.25) is 14.5 Å². The van der Waals surface area contributed by atoms with Crippen molar-refractivity contribution in [2.45, 2.75) is 31.8 Å². The van der Waals surface area contributed by atoms with Crippen LogP contribution in [0.25, 0.3) is 0 Å². The van der Waals surface area contributed by atoms with E-state index in [1.807, 2.05) is 0 Å². The molecule has 1 fully saturated rings. The van der Waals surface area contributed by atoms with Crippen LogP contribution in [0.5, 0.6) is 0 Å². The van der Waals surface area contributed by atoms with Crippen LogP contribution in [0.4, 0.5) is 0 Å². The fraction of sp³-hybridized carbons (Fsp3) is 0.778. The van der Waals surface area contributed by atoms with Crippen molar-refractivity contribution < 1.29 is 14.3 Å². The molecule has 1 aliphatic heterocycles. The van der Waals surface area contributed by atoms with Crippen LogP contribution in [0.15, 0.2) is 0 Å². The van der Waals surface area contributed by atoms with E-state index in [-0.39, 0.29) is 24.0 Å². The lowest BCUT2D eigenvalue weighted by Gasteiger charge is -2.26. The maximum Gasteiger partial charge on any atom is 0.322 e. The van der Waals surface area contributed by atoms with Gasteiger partial charge in [0.05, 0.1) is 13.2 Å². The number of hydrogen-bond donors (Lipinski definition) is 1. The molecule has 80 valence electrons. The maximum absolute atomic E-state index is 11.3. The minimum absolute atomic E-state index is 0.316. The Morgan fingerprint density at radius 2 is 2.21 bits per heavy atom. The molecular weight excluding hydrogens is 184 g/mol. The quantitative estimate of drug-likeness (QED) is 0.623. The standard InChI is InChI=1S/C9H16N2O3/c1-6(9(13)14-2)11-5-3-4-7(11)8(10)12/h6-7H,3-5H2,1-2H3,(H2,10,12). The average molecular weight is 200 g/mol. The molecule has 0 radical (unpaired) electrons. The summed E-state index contributed by atoms with van der Waals surface area (Å²) in [6.07, 6.45) is 1.63. The van der Waals surface area contributed by atoms with Gasteiger partial charge in [0.1, 0.15) is 6.04 Å². The number of carbonyl (C=O) groups excluding carboxylic acids is 2. The molecular formula is C9H16N2O3. The molecule has 1 aliphatic rings. The molecule has 1 amide bonds. The maximum atomic E-state index is 11.3. The summed E-state index contributed by atoms with van der Waals surface area (Å²) in [5, 5.41) is 0. The lowest BCUT2D eigenvalue weighted by Crippen LogP contribution is -2.48. The first kappa shape index (κ1) is 11.0. The molecule has 0 bridgehead atoms. The predicted octanol–water partition coefficient (Wildman–Crippen LogP) is -0.502. The number of rotatable bonds is 3. The van der Waals surface area contributed by atoms with Crippen LogP contribution >= 0.6 is 0 Å². The third kappa shape index (κ3) is 2.04. The van der Waals surface area contributed by atoms with Crippen LogP contribution in [0, 0.1) is 0 Å². The third-order valence-corrected chi connectivity index (χ3v) is 2.66. The number of nitrogens with zero attached hydrogens (tertiary/aromatic N) is 1. The topological polar surface area (TPSA) is 72.6 Å². The molecule has 2 unspecified atom stereocenters. The molecule has 0 aromatic carbocycles. The van der Waals surface area contributed by atoms with Crippen molar-refractivity contribution in [1.29, 1.82) is 0 Å². The molecule has 14 heavy (non-hydrogen) atoms. The molecule has 0 aromatic rings. The largest absolute Gasteiger partial charge is 0.468 e. The normalized spacial score (nSPS) is 24.6. The highest BCUT2D eigenvalue weighted by Crippen LogP contribution is 2.20. The van der Waals surface area contributed by atoms with Crippen molar-refractivity contribution in [3.05, 3.63) is 0 Å². The van der Waals surface area contributed by atoms with E-state index < -0.39 is 0 Å². The van der Waals surface area contributed by atoms with E-state index in [2.05, 4.69) is 4.74 Å². The number of likely N-dealkylation sites (tertiary alicyclic amines) is 1. The highest BCUT2D eigenvalue weighted by Gasteiger charge is 2.35. The first-order valence-corrected chi connectivity index (χ1v) is 4.70. The van der Waals surface area contributed by atoms with Crippen LogP contribution in [0.1, 0.15) is 19.8 Å². The second kappa shape index (κ2) is 4.41. The van der Waals surface area contributed by atoms with Crippen molar-refractivity contribution in [3.8, 4) is 0 Å². The van der Waals surface area contributed by atoms with E-state index in [4.69, 9.17) is 5.73 Å². The summed E-state index contributed by atoms with van der Waals surface area (Å²) >= 11 is 0. The zero-order chi connectivity index (χ0) is 10.7. The second-order valence-electron chi connectivity index (χ2n) is 3.50. The lowest BCUT2D eigenvalue weighted by molar-refractivity contribution is -0.147. The smallest absolute Gasteiger partial charge is 0.322 e. The Morgan fingerprint density at radius 3 is 2.71 bits per heavy atom. The van der Waals surface area contributed by atoms with Crippen LogP contribution in [-0.4, -0.2) is 42.5 Å². The number of primary amides is 1. The van der Waals surface area contributed by atoms with Crippen molar-refractivity contribution in [1.82, 2.24) is 4.90 Å². The number of hydrogen-bond acceptors (Lipinski definition) is 4. The van der Waals surface area contributed by atoms with E-state index in [1.165, 1.54) is 7.11 Å². The lowest BCUT2D eigenvalue weighted by atomic mass is 10.2. The molecule has 2 N–H and O–H groups in total. The van der Waals surface area contributed by atoms with E-state index in [0.29, 0.717) is 0 Å². The summed E-state index contributed by atoms with van der Waals surface area (Å²) in [7, 11) is 1.34. The number of esters is 1.